The van der Waals surface area contributed by atoms with Crippen LogP contribution >= 0.6 is 0 Å². The number of carbonyl (C=O) groups is 8. The Morgan fingerprint density at radius 2 is 0.671 bits per heavy atom. The molecule has 24 heteroatoms. The fourth-order valence-electron chi connectivity index (χ4n) is 6.80. The van der Waals surface area contributed by atoms with E-state index < -0.39 is 23.9 Å². The molecule has 8 aliphatic heterocycles. The van der Waals surface area contributed by atoms with E-state index in [1.54, 1.807) is 0 Å². The molecule has 76 heavy (non-hydrogen) atoms. The van der Waals surface area contributed by atoms with Crippen molar-refractivity contribution in [3.63, 3.8) is 0 Å². The summed E-state index contributed by atoms with van der Waals surface area (Å²) in [6.07, 6.45) is 11.3. The average Bonchev–Trinajstić information content (AvgIpc) is 4.17. The Morgan fingerprint density at radius 1 is 0.382 bits per heavy atom. The van der Waals surface area contributed by atoms with Crippen molar-refractivity contribution in [2.45, 2.75) is 204 Å². The minimum atomic E-state index is -0.976. The van der Waals surface area contributed by atoms with Gasteiger partial charge in [0.2, 0.25) is 0 Å². The van der Waals surface area contributed by atoms with Crippen LogP contribution < -0.4 is 0 Å². The Balaban J connectivity index is 0.000000188. The zero-order chi connectivity index (χ0) is 55.0. The molecule has 0 aromatic carbocycles. The van der Waals surface area contributed by atoms with Crippen LogP contribution in [0, 0.1) is 0 Å². The van der Waals surface area contributed by atoms with E-state index in [0.29, 0.717) is 65.0 Å². The summed E-state index contributed by atoms with van der Waals surface area (Å²) in [6.45, 7) is 15.3. The second-order valence-corrected chi connectivity index (χ2v) is 19.3. The first-order chi connectivity index (χ1) is 36.5. The first-order valence-corrected chi connectivity index (χ1v) is 26.7. The first kappa shape index (κ1) is 62.0. The molecular weight excluding hydrogens is 1010 g/mol. The maximum Gasteiger partial charge on any atom is 0.417 e. The molecule has 0 aliphatic carbocycles. The van der Waals surface area contributed by atoms with Gasteiger partial charge in [-0.25, -0.2) is 19.2 Å². The maximum absolute atomic E-state index is 11.5. The van der Waals surface area contributed by atoms with E-state index in [0.717, 1.165) is 51.0 Å². The molecule has 8 fully saturated rings. The Bertz CT molecular complexity index is 1770. The van der Waals surface area contributed by atoms with Crippen LogP contribution in [0.1, 0.15) is 119 Å². The smallest absolute Gasteiger partial charge is 0.417 e. The number of hydrogen-bond acceptors (Lipinski definition) is 24. The minimum absolute atomic E-state index is 0.0402. The summed E-state index contributed by atoms with van der Waals surface area (Å²) in [5.74, 6) is -4.27. The van der Waals surface area contributed by atoms with Gasteiger partial charge in [-0.05, 0) is 53.4 Å². The van der Waals surface area contributed by atoms with Gasteiger partial charge in [-0.15, -0.1) is 0 Å². The number of ether oxygens (including phenoxy) is 16. The van der Waals surface area contributed by atoms with Crippen molar-refractivity contribution in [1.29, 1.82) is 0 Å². The van der Waals surface area contributed by atoms with Crippen LogP contribution in [0.4, 0.5) is 0 Å². The third-order valence-corrected chi connectivity index (χ3v) is 12.5. The molecule has 0 amide bonds. The van der Waals surface area contributed by atoms with Crippen LogP contribution in [-0.4, -0.2) is 199 Å². The quantitative estimate of drug-likeness (QED) is 0.0233. The van der Waals surface area contributed by atoms with Crippen molar-refractivity contribution in [3.05, 3.63) is 12.2 Å². The van der Waals surface area contributed by atoms with E-state index in [2.05, 4.69) is 13.8 Å². The largest absolute Gasteiger partial charge is 0.463 e. The third-order valence-electron chi connectivity index (χ3n) is 12.5. The minimum Gasteiger partial charge on any atom is -0.463 e. The molecule has 8 heterocycles. The number of hydrogen-bond donors (Lipinski definition) is 0. The van der Waals surface area contributed by atoms with Gasteiger partial charge in [0.15, 0.2) is 0 Å². The van der Waals surface area contributed by atoms with Crippen LogP contribution in [0.5, 0.6) is 0 Å². The van der Waals surface area contributed by atoms with Gasteiger partial charge in [0.25, 0.3) is 0 Å². The molecule has 8 rings (SSSR count). The van der Waals surface area contributed by atoms with Crippen molar-refractivity contribution in [2.75, 3.05) is 66.1 Å². The number of rotatable bonds is 32. The summed E-state index contributed by atoms with van der Waals surface area (Å²) in [5, 5.41) is 0. The molecule has 24 nitrogen and oxygen atoms in total. The SMILES string of the molecule is CC1OC1COC(=O)C(=O)OCC1OC1C.CC1OC1COC(=O)CCCCC(=O)OCC1OC1C.CCCC1OC1COC(=O)CCC(=O)OCC1OC1CCC.O=C(/C=C\C(=O)OCCC1CO1)OCCC1CO1. The molecule has 0 N–H and O–H groups in total. The molecule has 8 saturated heterocycles. The number of carbonyl (C=O) groups excluding carboxylic acids is 8. The monoisotopic (exact) mass is 1090 g/mol. The summed E-state index contributed by atoms with van der Waals surface area (Å²) in [7, 11) is 0. The molecule has 0 saturated carbocycles. The Kier molecular flexibility index (Phi) is 26.8. The van der Waals surface area contributed by atoms with Gasteiger partial charge in [-0.3, -0.25) is 19.2 Å². The lowest BCUT2D eigenvalue weighted by atomic mass is 10.2. The van der Waals surface area contributed by atoms with Crippen molar-refractivity contribution in [1.82, 2.24) is 0 Å². The van der Waals surface area contributed by atoms with E-state index in [1.165, 1.54) is 0 Å². The van der Waals surface area contributed by atoms with Gasteiger partial charge in [-0.2, -0.15) is 0 Å². The molecule has 8 aliphatic rings. The zero-order valence-electron chi connectivity index (χ0n) is 44.6. The average molecular weight is 1090 g/mol. The van der Waals surface area contributed by atoms with Crippen molar-refractivity contribution >= 4 is 47.8 Å². The molecule has 14 unspecified atom stereocenters. The molecular formula is C52H78O24. The van der Waals surface area contributed by atoms with Gasteiger partial charge in [-0.1, -0.05) is 26.7 Å². The lowest BCUT2D eigenvalue weighted by molar-refractivity contribution is -0.168. The van der Waals surface area contributed by atoms with Crippen LogP contribution in [0.2, 0.25) is 0 Å². The highest BCUT2D eigenvalue weighted by Crippen LogP contribution is 2.28. The molecule has 0 bridgehead atoms. The van der Waals surface area contributed by atoms with Crippen molar-refractivity contribution in [2.24, 2.45) is 0 Å². The van der Waals surface area contributed by atoms with E-state index in [-0.39, 0.29) is 149 Å². The maximum atomic E-state index is 11.5. The second kappa shape index (κ2) is 32.8. The normalized spacial score (nSPS) is 29.8. The lowest BCUT2D eigenvalue weighted by Crippen LogP contribution is -2.24. The fourth-order valence-corrected chi connectivity index (χ4v) is 6.80. The summed E-state index contributed by atoms with van der Waals surface area (Å²) >= 11 is 0. The van der Waals surface area contributed by atoms with Crippen LogP contribution in [0.15, 0.2) is 12.2 Å². The highest BCUT2D eigenvalue weighted by molar-refractivity contribution is 6.29. The summed E-state index contributed by atoms with van der Waals surface area (Å²) in [5.41, 5.74) is 0. The van der Waals surface area contributed by atoms with Crippen LogP contribution in [0.25, 0.3) is 0 Å². The van der Waals surface area contributed by atoms with E-state index in [9.17, 15) is 38.4 Å². The molecule has 0 aromatic rings. The molecule has 0 spiro atoms. The lowest BCUT2D eigenvalue weighted by Gasteiger charge is -2.04. The van der Waals surface area contributed by atoms with Gasteiger partial charge < -0.3 is 75.8 Å². The van der Waals surface area contributed by atoms with Crippen molar-refractivity contribution < 1.29 is 114 Å². The van der Waals surface area contributed by atoms with Gasteiger partial charge >= 0.3 is 47.8 Å². The zero-order valence-corrected chi connectivity index (χ0v) is 44.6. The Labute approximate surface area is 443 Å². The van der Waals surface area contributed by atoms with Crippen LogP contribution in [0.3, 0.4) is 0 Å². The van der Waals surface area contributed by atoms with Crippen molar-refractivity contribution in [3.8, 4) is 0 Å². The number of esters is 8. The molecule has 430 valence electrons. The van der Waals surface area contributed by atoms with Gasteiger partial charge in [0.05, 0.1) is 88.1 Å². The predicted octanol–water partition coefficient (Wildman–Crippen LogP) is 3.05. The Hall–Kier alpha value is -4.82. The third kappa shape index (κ3) is 28.5. The highest BCUT2D eigenvalue weighted by Gasteiger charge is 2.41. The van der Waals surface area contributed by atoms with E-state index in [1.807, 2.05) is 27.7 Å². The molecule has 14 atom stereocenters. The summed E-state index contributed by atoms with van der Waals surface area (Å²) in [6, 6.07) is 0. The van der Waals surface area contributed by atoms with Crippen LogP contribution in [-0.2, 0) is 114 Å². The van der Waals surface area contributed by atoms with E-state index in [4.69, 9.17) is 75.8 Å². The number of epoxide rings is 8. The molecule has 0 radical (unpaired) electrons. The second-order valence-electron chi connectivity index (χ2n) is 19.3. The fraction of sp³-hybridized carbons (Fsp3) is 0.808. The Morgan fingerprint density at radius 3 is 0.961 bits per heavy atom. The number of unbranched alkanes of at least 4 members (excludes halogenated alkanes) is 1. The summed E-state index contributed by atoms with van der Waals surface area (Å²) in [4.78, 5) is 90.3. The first-order valence-electron chi connectivity index (χ1n) is 26.7. The summed E-state index contributed by atoms with van der Waals surface area (Å²) < 4.78 is 80.3. The van der Waals surface area contributed by atoms with E-state index >= 15 is 0 Å². The van der Waals surface area contributed by atoms with Gasteiger partial charge in [0.1, 0.15) is 76.3 Å². The highest BCUT2D eigenvalue weighted by atomic mass is 16.7. The van der Waals surface area contributed by atoms with Gasteiger partial charge in [0, 0.05) is 37.8 Å². The topological polar surface area (TPSA) is 311 Å². The molecule has 0 aromatic heterocycles. The predicted molar refractivity (Wildman–Crippen MR) is 258 cm³/mol. The standard InChI is InChI=1S/C16H26O6.C14H22O6.C12H16O6.C10H14O6/c1-3-5-11-13(21-11)9-19-15(17)7-8-16(18)20-10-14-12(22-14)6-4-2;1-9-11(19-9)7-17-13(15)5-3-4-6-14(16)18-8-12-10(2)20-12;13-11(15-5-3-9-7-17-9)1-2-12(14)16-6-4-10-8-18-10;1-5-7(15-5)3-13-9(11)10(12)14-4-8-6(2)16-8/h11-14H,3-10H2,1-2H3;9-12H,3-8H2,1-2H3;1-2,9-10H,3-8H2;5-8H,3-4H2,1-2H3/b;;2-1-;.